The van der Waals surface area contributed by atoms with E-state index in [1.807, 2.05) is 75.4 Å². The highest BCUT2D eigenvalue weighted by Crippen LogP contribution is 2.32. The molecule has 0 N–H and O–H groups in total. The van der Waals surface area contributed by atoms with Crippen LogP contribution in [0.5, 0.6) is 0 Å². The number of pyridine rings is 1. The van der Waals surface area contributed by atoms with Gasteiger partial charge in [-0.2, -0.15) is 4.73 Å². The Morgan fingerprint density at radius 1 is 0.930 bits per heavy atom. The first-order valence-corrected chi connectivity index (χ1v) is 15.2. The molecule has 1 aliphatic rings. The first kappa shape index (κ1) is 30.5. The summed E-state index contributed by atoms with van der Waals surface area (Å²) in [6.45, 7) is 8.11. The highest BCUT2D eigenvalue weighted by Gasteiger charge is 2.36. The minimum absolute atomic E-state index is 0.0254. The standard InChI is InChI=1S/C36H42N2O5/c1-36(2,3)43-35(39)37-20-19-33(34(24-37)42-26-28-15-16-29-12-7-8-13-30(29)22-28)31-17-18-32(38(40)23-31)14-9-21-41-25-27-10-5-4-6-11-27/h4-8,10-13,15-18,22-23,33-34H,9,14,19-21,24-26H2,1-3H3. The van der Waals surface area contributed by atoms with E-state index in [1.165, 1.54) is 5.39 Å². The van der Waals surface area contributed by atoms with Crippen LogP contribution in [0.4, 0.5) is 4.79 Å². The van der Waals surface area contributed by atoms with Gasteiger partial charge in [0.2, 0.25) is 0 Å². The number of benzene rings is 3. The van der Waals surface area contributed by atoms with Gasteiger partial charge in [0.05, 0.1) is 25.9 Å². The Morgan fingerprint density at radius 3 is 2.47 bits per heavy atom. The highest BCUT2D eigenvalue weighted by molar-refractivity contribution is 5.82. The van der Waals surface area contributed by atoms with Gasteiger partial charge in [0.15, 0.2) is 11.9 Å². The van der Waals surface area contributed by atoms with Gasteiger partial charge < -0.3 is 24.3 Å². The highest BCUT2D eigenvalue weighted by atomic mass is 16.6. The lowest BCUT2D eigenvalue weighted by Crippen LogP contribution is -2.48. The maximum atomic E-state index is 13.1. The summed E-state index contributed by atoms with van der Waals surface area (Å²) in [6.07, 6.45) is 3.13. The molecular formula is C36H42N2O5. The van der Waals surface area contributed by atoms with E-state index in [2.05, 4.69) is 30.3 Å². The first-order chi connectivity index (χ1) is 20.7. The van der Waals surface area contributed by atoms with Gasteiger partial charge in [-0.15, -0.1) is 0 Å². The number of aromatic nitrogens is 1. The average Bonchev–Trinajstić information content (AvgIpc) is 3.00. The molecule has 2 unspecified atom stereocenters. The summed E-state index contributed by atoms with van der Waals surface area (Å²) < 4.78 is 18.9. The second kappa shape index (κ2) is 14.0. The van der Waals surface area contributed by atoms with E-state index in [0.29, 0.717) is 51.4 Å². The van der Waals surface area contributed by atoms with Gasteiger partial charge in [-0.1, -0.05) is 66.7 Å². The molecule has 4 aromatic rings. The Balaban J connectivity index is 1.24. The molecule has 0 spiro atoms. The monoisotopic (exact) mass is 582 g/mol. The van der Waals surface area contributed by atoms with E-state index in [-0.39, 0.29) is 18.1 Å². The summed E-state index contributed by atoms with van der Waals surface area (Å²) in [6, 6.07) is 28.6. The minimum Gasteiger partial charge on any atom is -0.618 e. The molecular weight excluding hydrogens is 540 g/mol. The van der Waals surface area contributed by atoms with Gasteiger partial charge in [-0.3, -0.25) is 0 Å². The van der Waals surface area contributed by atoms with Crippen molar-refractivity contribution in [2.45, 2.75) is 70.9 Å². The molecule has 5 rings (SSSR count). The fourth-order valence-corrected chi connectivity index (χ4v) is 5.55. The maximum Gasteiger partial charge on any atom is 0.410 e. The third kappa shape index (κ3) is 8.55. The molecule has 43 heavy (non-hydrogen) atoms. The van der Waals surface area contributed by atoms with Crippen molar-refractivity contribution in [3.8, 4) is 0 Å². The van der Waals surface area contributed by atoms with E-state index in [4.69, 9.17) is 14.2 Å². The molecule has 1 aromatic heterocycles. The third-order valence-corrected chi connectivity index (χ3v) is 7.77. The number of carbonyl (C=O) groups excluding carboxylic acids is 1. The Bertz CT molecular complexity index is 1500. The fraction of sp³-hybridized carbons (Fsp3) is 0.389. The normalized spacial score (nSPS) is 17.2. The number of nitrogens with zero attached hydrogens (tertiary/aromatic N) is 2. The van der Waals surface area contributed by atoms with Crippen molar-refractivity contribution in [1.29, 1.82) is 0 Å². The second-order valence-corrected chi connectivity index (χ2v) is 12.3. The van der Waals surface area contributed by atoms with E-state index in [1.54, 1.807) is 11.1 Å². The summed E-state index contributed by atoms with van der Waals surface area (Å²) in [5.41, 5.74) is 3.26. The van der Waals surface area contributed by atoms with Crippen LogP contribution in [-0.4, -0.2) is 42.4 Å². The van der Waals surface area contributed by atoms with Gasteiger partial charge in [0.1, 0.15) is 5.60 Å². The van der Waals surface area contributed by atoms with Crippen molar-refractivity contribution in [2.75, 3.05) is 19.7 Å². The predicted octanol–water partition coefficient (Wildman–Crippen LogP) is 6.93. The molecule has 0 saturated carbocycles. The third-order valence-electron chi connectivity index (χ3n) is 7.77. The van der Waals surface area contributed by atoms with E-state index < -0.39 is 5.60 Å². The summed E-state index contributed by atoms with van der Waals surface area (Å²) >= 11 is 0. The van der Waals surface area contributed by atoms with Crippen molar-refractivity contribution < 1.29 is 23.7 Å². The Hall–Kier alpha value is -3.94. The van der Waals surface area contributed by atoms with Crippen LogP contribution < -0.4 is 4.73 Å². The Labute approximate surface area is 254 Å². The van der Waals surface area contributed by atoms with Crippen molar-refractivity contribution in [3.05, 3.63) is 119 Å². The minimum atomic E-state index is -0.577. The van der Waals surface area contributed by atoms with Crippen molar-refractivity contribution in [1.82, 2.24) is 4.90 Å². The van der Waals surface area contributed by atoms with Gasteiger partial charge in [0, 0.05) is 37.1 Å². The van der Waals surface area contributed by atoms with Crippen LogP contribution in [0.3, 0.4) is 0 Å². The fourth-order valence-electron chi connectivity index (χ4n) is 5.55. The summed E-state index contributed by atoms with van der Waals surface area (Å²) in [5.74, 6) is -0.0254. The molecule has 0 bridgehead atoms. The molecule has 1 aliphatic heterocycles. The Morgan fingerprint density at radius 2 is 1.70 bits per heavy atom. The van der Waals surface area contributed by atoms with Crippen LogP contribution in [0.2, 0.25) is 0 Å². The van der Waals surface area contributed by atoms with E-state index in [9.17, 15) is 10.0 Å². The van der Waals surface area contributed by atoms with Gasteiger partial charge in [-0.25, -0.2) is 4.79 Å². The number of hydrogen-bond acceptors (Lipinski definition) is 5. The smallest absolute Gasteiger partial charge is 0.410 e. The molecule has 0 radical (unpaired) electrons. The predicted molar refractivity (Wildman–Crippen MR) is 168 cm³/mol. The molecule has 1 amide bonds. The first-order valence-electron chi connectivity index (χ1n) is 15.2. The molecule has 2 atom stereocenters. The molecule has 7 nitrogen and oxygen atoms in total. The van der Waals surface area contributed by atoms with Crippen molar-refractivity contribution in [2.24, 2.45) is 0 Å². The molecule has 0 aliphatic carbocycles. The number of rotatable bonds is 10. The largest absolute Gasteiger partial charge is 0.618 e. The number of aryl methyl sites for hydroxylation is 1. The lowest BCUT2D eigenvalue weighted by Gasteiger charge is -2.38. The number of hydrogen-bond donors (Lipinski definition) is 0. The number of piperidine rings is 1. The van der Waals surface area contributed by atoms with Crippen molar-refractivity contribution in [3.63, 3.8) is 0 Å². The molecule has 2 heterocycles. The van der Waals surface area contributed by atoms with Crippen LogP contribution in [0.15, 0.2) is 91.1 Å². The number of carbonyl (C=O) groups is 1. The number of fused-ring (bicyclic) bond motifs is 1. The zero-order valence-electron chi connectivity index (χ0n) is 25.4. The molecule has 3 aromatic carbocycles. The zero-order chi connectivity index (χ0) is 30.2. The second-order valence-electron chi connectivity index (χ2n) is 12.3. The Kier molecular flexibility index (Phi) is 9.95. The average molecular weight is 583 g/mol. The topological polar surface area (TPSA) is 74.9 Å². The summed E-state index contributed by atoms with van der Waals surface area (Å²) in [4.78, 5) is 14.7. The van der Waals surface area contributed by atoms with Crippen LogP contribution in [0, 0.1) is 5.21 Å². The SMILES string of the molecule is CC(C)(C)OC(=O)N1CCC(c2ccc(CCCOCc3ccccc3)[n+]([O-])c2)C(OCc2ccc3ccccc3c2)C1. The number of ether oxygens (including phenoxy) is 3. The van der Waals surface area contributed by atoms with E-state index in [0.717, 1.165) is 33.2 Å². The lowest BCUT2D eigenvalue weighted by molar-refractivity contribution is -0.614. The summed E-state index contributed by atoms with van der Waals surface area (Å²) in [5, 5.41) is 15.4. The van der Waals surface area contributed by atoms with Crippen LogP contribution in [0.25, 0.3) is 10.8 Å². The van der Waals surface area contributed by atoms with Crippen LogP contribution in [-0.2, 0) is 33.8 Å². The maximum absolute atomic E-state index is 13.1. The quantitative estimate of drug-likeness (QED) is 0.115. The lowest BCUT2D eigenvalue weighted by atomic mass is 9.87. The molecule has 1 fully saturated rings. The number of likely N-dealkylation sites (tertiary alicyclic amines) is 1. The van der Waals surface area contributed by atoms with Gasteiger partial charge in [-0.05, 0) is 67.6 Å². The molecule has 7 heteroatoms. The zero-order valence-corrected chi connectivity index (χ0v) is 25.4. The molecule has 1 saturated heterocycles. The van der Waals surface area contributed by atoms with Crippen LogP contribution in [0.1, 0.15) is 61.9 Å². The van der Waals surface area contributed by atoms with Gasteiger partial charge >= 0.3 is 6.09 Å². The van der Waals surface area contributed by atoms with Crippen molar-refractivity contribution >= 4 is 16.9 Å². The van der Waals surface area contributed by atoms with E-state index >= 15 is 0 Å². The summed E-state index contributed by atoms with van der Waals surface area (Å²) in [7, 11) is 0. The molecule has 226 valence electrons. The number of amides is 1. The van der Waals surface area contributed by atoms with Gasteiger partial charge in [0.25, 0.3) is 0 Å². The van der Waals surface area contributed by atoms with Crippen LogP contribution >= 0.6 is 0 Å².